The molecule has 0 aliphatic rings. The lowest BCUT2D eigenvalue weighted by Gasteiger charge is -1.99. The lowest BCUT2D eigenvalue weighted by Crippen LogP contribution is -1.99. The maximum atomic E-state index is 5.49. The number of nitrogens with two attached hydrogens (primary N) is 1. The minimum Gasteiger partial charge on any atom is -0.330 e. The summed E-state index contributed by atoms with van der Waals surface area (Å²) in [5.41, 5.74) is 7.58. The fourth-order valence-corrected chi connectivity index (χ4v) is 2.86. The van der Waals surface area contributed by atoms with Crippen molar-refractivity contribution in [2.75, 3.05) is 6.54 Å². The van der Waals surface area contributed by atoms with Crippen LogP contribution in [-0.4, -0.2) is 21.5 Å². The van der Waals surface area contributed by atoms with Crippen molar-refractivity contribution in [3.63, 3.8) is 0 Å². The topological polar surface area (TPSA) is 56.7 Å². The van der Waals surface area contributed by atoms with Crippen LogP contribution in [0.3, 0.4) is 0 Å². The van der Waals surface area contributed by atoms with E-state index in [1.54, 1.807) is 11.3 Å². The molecule has 0 amide bonds. The third kappa shape index (κ3) is 2.67. The van der Waals surface area contributed by atoms with E-state index in [9.17, 15) is 0 Å². The summed E-state index contributed by atoms with van der Waals surface area (Å²) >= 11 is 1.75. The maximum absolute atomic E-state index is 5.49. The second kappa shape index (κ2) is 5.50. The normalized spacial score (nSPS) is 11.2. The van der Waals surface area contributed by atoms with Gasteiger partial charge in [0.15, 0.2) is 0 Å². The minimum atomic E-state index is 0.739. The molecule has 2 N–H and O–H groups in total. The van der Waals surface area contributed by atoms with Gasteiger partial charge in [-0.15, -0.1) is 16.4 Å². The predicted molar refractivity (Wildman–Crippen MR) is 78.7 cm³/mol. The van der Waals surface area contributed by atoms with Crippen LogP contribution in [-0.2, 0) is 6.42 Å². The highest BCUT2D eigenvalue weighted by Crippen LogP contribution is 2.23. The van der Waals surface area contributed by atoms with Crippen molar-refractivity contribution in [1.82, 2.24) is 15.0 Å². The van der Waals surface area contributed by atoms with E-state index < -0.39 is 0 Å². The van der Waals surface area contributed by atoms with Crippen LogP contribution in [0.2, 0.25) is 0 Å². The molecular formula is C14H16N4S. The molecule has 0 aliphatic heterocycles. The van der Waals surface area contributed by atoms with Crippen molar-refractivity contribution in [2.24, 2.45) is 5.73 Å². The van der Waals surface area contributed by atoms with Crippen molar-refractivity contribution in [1.29, 1.82) is 0 Å². The van der Waals surface area contributed by atoms with E-state index in [2.05, 4.69) is 40.0 Å². The van der Waals surface area contributed by atoms with Gasteiger partial charge in [-0.1, -0.05) is 5.21 Å². The first-order valence-electron chi connectivity index (χ1n) is 6.46. The Morgan fingerprint density at radius 3 is 3.05 bits per heavy atom. The highest BCUT2D eigenvalue weighted by atomic mass is 32.1. The molecule has 98 valence electrons. The van der Waals surface area contributed by atoms with E-state index in [1.165, 1.54) is 10.1 Å². The van der Waals surface area contributed by atoms with Crippen LogP contribution in [0.15, 0.2) is 35.8 Å². The second-order valence-corrected chi connectivity index (χ2v) is 5.49. The van der Waals surface area contributed by atoms with Gasteiger partial charge in [0, 0.05) is 4.70 Å². The molecule has 5 heteroatoms. The number of benzene rings is 1. The van der Waals surface area contributed by atoms with Gasteiger partial charge < -0.3 is 5.73 Å². The van der Waals surface area contributed by atoms with Crippen LogP contribution in [0.5, 0.6) is 0 Å². The first kappa shape index (κ1) is 12.3. The molecular weight excluding hydrogens is 256 g/mol. The zero-order chi connectivity index (χ0) is 13.1. The molecule has 3 rings (SSSR count). The zero-order valence-electron chi connectivity index (χ0n) is 10.6. The first-order chi connectivity index (χ1) is 9.36. The summed E-state index contributed by atoms with van der Waals surface area (Å²) < 4.78 is 3.14. The summed E-state index contributed by atoms with van der Waals surface area (Å²) in [6, 6.07) is 8.48. The molecule has 0 atom stereocenters. The molecule has 0 bridgehead atoms. The molecule has 0 spiro atoms. The van der Waals surface area contributed by atoms with Crippen LogP contribution in [0.1, 0.15) is 18.5 Å². The molecule has 0 aliphatic carbocycles. The number of thiophene rings is 1. The van der Waals surface area contributed by atoms with Crippen molar-refractivity contribution >= 4 is 21.4 Å². The monoisotopic (exact) mass is 272 g/mol. The third-order valence-corrected chi connectivity index (χ3v) is 4.03. The van der Waals surface area contributed by atoms with Crippen LogP contribution in [0.25, 0.3) is 15.8 Å². The Bertz CT molecular complexity index is 671. The van der Waals surface area contributed by atoms with Crippen LogP contribution in [0.4, 0.5) is 0 Å². The molecule has 1 aromatic carbocycles. The average molecular weight is 272 g/mol. The van der Waals surface area contributed by atoms with Crippen molar-refractivity contribution < 1.29 is 0 Å². The molecule has 2 heterocycles. The largest absolute Gasteiger partial charge is 0.330 e. The lowest BCUT2D eigenvalue weighted by atomic mass is 10.2. The van der Waals surface area contributed by atoms with E-state index in [0.29, 0.717) is 0 Å². The number of aryl methyl sites for hydroxylation is 1. The summed E-state index contributed by atoms with van der Waals surface area (Å²) in [6.07, 6.45) is 5.05. The highest BCUT2D eigenvalue weighted by molar-refractivity contribution is 7.17. The second-order valence-electron chi connectivity index (χ2n) is 4.54. The van der Waals surface area contributed by atoms with Gasteiger partial charge in [0.2, 0.25) is 0 Å². The number of unbranched alkanes of at least 4 members (excludes halogenated alkanes) is 1. The Balaban J connectivity index is 1.81. The molecule has 2 aromatic heterocycles. The Kier molecular flexibility index (Phi) is 3.57. The van der Waals surface area contributed by atoms with Gasteiger partial charge in [0.25, 0.3) is 0 Å². The van der Waals surface area contributed by atoms with Crippen LogP contribution >= 0.6 is 11.3 Å². The zero-order valence-corrected chi connectivity index (χ0v) is 11.4. The molecule has 0 fully saturated rings. The van der Waals surface area contributed by atoms with Crippen molar-refractivity contribution in [2.45, 2.75) is 19.3 Å². The Morgan fingerprint density at radius 1 is 1.21 bits per heavy atom. The van der Waals surface area contributed by atoms with E-state index in [-0.39, 0.29) is 0 Å². The van der Waals surface area contributed by atoms with Gasteiger partial charge in [-0.05, 0) is 60.8 Å². The fourth-order valence-electron chi connectivity index (χ4n) is 2.09. The lowest BCUT2D eigenvalue weighted by molar-refractivity contribution is 0.727. The van der Waals surface area contributed by atoms with Crippen LogP contribution < -0.4 is 5.73 Å². The van der Waals surface area contributed by atoms with Gasteiger partial charge >= 0.3 is 0 Å². The van der Waals surface area contributed by atoms with Gasteiger partial charge in [-0.25, -0.2) is 4.68 Å². The SMILES string of the molecule is NCCCCc1cn(-c2ccc3sccc3c2)nn1. The maximum Gasteiger partial charge on any atom is 0.0831 e. The van der Waals surface area contributed by atoms with E-state index >= 15 is 0 Å². The summed E-state index contributed by atoms with van der Waals surface area (Å²) in [4.78, 5) is 0. The summed E-state index contributed by atoms with van der Waals surface area (Å²) in [6.45, 7) is 0.739. The van der Waals surface area contributed by atoms with Gasteiger partial charge in [0.1, 0.15) is 0 Å². The van der Waals surface area contributed by atoms with Gasteiger partial charge in [0.05, 0.1) is 17.6 Å². The molecule has 0 saturated heterocycles. The first-order valence-corrected chi connectivity index (χ1v) is 7.34. The van der Waals surface area contributed by atoms with Gasteiger partial charge in [-0.3, -0.25) is 0 Å². The standard InChI is InChI=1S/C14H16N4S/c15-7-2-1-3-12-10-18(17-16-12)13-4-5-14-11(9-13)6-8-19-14/h4-6,8-10H,1-3,7,15H2. The van der Waals surface area contributed by atoms with Crippen LogP contribution in [0, 0.1) is 0 Å². The number of aromatic nitrogens is 3. The average Bonchev–Trinajstić information content (AvgIpc) is 3.06. The van der Waals surface area contributed by atoms with E-state index in [1.807, 2.05) is 10.9 Å². The van der Waals surface area contributed by atoms with Crippen molar-refractivity contribution in [3.05, 3.63) is 41.5 Å². The van der Waals surface area contributed by atoms with Crippen molar-refractivity contribution in [3.8, 4) is 5.69 Å². The highest BCUT2D eigenvalue weighted by Gasteiger charge is 2.04. The molecule has 0 saturated carbocycles. The number of hydrogen-bond acceptors (Lipinski definition) is 4. The predicted octanol–water partition coefficient (Wildman–Crippen LogP) is 2.76. The number of rotatable bonds is 5. The molecule has 0 unspecified atom stereocenters. The Hall–Kier alpha value is -1.72. The van der Waals surface area contributed by atoms with E-state index in [0.717, 1.165) is 37.2 Å². The summed E-state index contributed by atoms with van der Waals surface area (Å²) in [7, 11) is 0. The summed E-state index contributed by atoms with van der Waals surface area (Å²) in [5, 5.41) is 11.8. The molecule has 19 heavy (non-hydrogen) atoms. The minimum absolute atomic E-state index is 0.739. The number of nitrogens with zero attached hydrogens (tertiary/aromatic N) is 3. The molecule has 0 radical (unpaired) electrons. The quantitative estimate of drug-likeness (QED) is 0.727. The number of hydrogen-bond donors (Lipinski definition) is 1. The molecule has 4 nitrogen and oxygen atoms in total. The third-order valence-electron chi connectivity index (χ3n) is 3.13. The number of fused-ring (bicyclic) bond motifs is 1. The Labute approximate surface area is 115 Å². The summed E-state index contributed by atoms with van der Waals surface area (Å²) in [5.74, 6) is 0. The fraction of sp³-hybridized carbons (Fsp3) is 0.286. The van der Waals surface area contributed by atoms with Gasteiger partial charge in [-0.2, -0.15) is 0 Å². The Morgan fingerprint density at radius 2 is 2.16 bits per heavy atom. The van der Waals surface area contributed by atoms with E-state index in [4.69, 9.17) is 5.73 Å². The molecule has 3 aromatic rings. The smallest absolute Gasteiger partial charge is 0.0831 e.